The van der Waals surface area contributed by atoms with Gasteiger partial charge in [-0.1, -0.05) is 26.2 Å². The normalized spacial score (nSPS) is 9.00. The zero-order chi connectivity index (χ0) is 7.11. The molecule has 0 spiro atoms. The van der Waals surface area contributed by atoms with E-state index < -0.39 is 0 Å². The summed E-state index contributed by atoms with van der Waals surface area (Å²) in [5.41, 5.74) is 1.06. The van der Waals surface area contributed by atoms with Crippen LogP contribution in [0.15, 0.2) is 24.8 Å². The Hall–Kier alpha value is -0.560. The van der Waals surface area contributed by atoms with E-state index >= 15 is 0 Å². The largest absolute Gasteiger partial charge is 0.313 e. The molecule has 0 aliphatic carbocycles. The van der Waals surface area contributed by atoms with E-state index in [1.54, 1.807) is 6.08 Å². The van der Waals surface area contributed by atoms with Crippen LogP contribution >= 0.6 is 0 Å². The van der Waals surface area contributed by atoms with Crippen molar-refractivity contribution in [3.05, 3.63) is 24.8 Å². The van der Waals surface area contributed by atoms with E-state index in [-0.39, 0.29) is 0 Å². The van der Waals surface area contributed by atoms with E-state index in [9.17, 15) is 0 Å². The van der Waals surface area contributed by atoms with Gasteiger partial charge >= 0.3 is 0 Å². The molecule has 0 aliphatic heterocycles. The molecule has 0 bridgehead atoms. The summed E-state index contributed by atoms with van der Waals surface area (Å²) in [5.74, 6) is 0. The number of rotatable bonds is 5. The van der Waals surface area contributed by atoms with Crippen LogP contribution in [0.2, 0.25) is 0 Å². The van der Waals surface area contributed by atoms with Gasteiger partial charge in [0.15, 0.2) is 0 Å². The van der Waals surface area contributed by atoms with Gasteiger partial charge in [0.05, 0.1) is 0 Å². The molecular weight excluding hydrogens is 110 g/mol. The van der Waals surface area contributed by atoms with E-state index in [1.165, 1.54) is 6.42 Å². The fraction of sp³-hybridized carbons (Fsp3) is 0.500. The molecule has 0 rings (SSSR count). The first kappa shape index (κ1) is 8.44. The van der Waals surface area contributed by atoms with Crippen molar-refractivity contribution in [2.45, 2.75) is 13.3 Å². The molecule has 9 heavy (non-hydrogen) atoms. The Morgan fingerprint density at radius 2 is 2.33 bits per heavy atom. The minimum Gasteiger partial charge on any atom is -0.313 e. The van der Waals surface area contributed by atoms with E-state index in [2.05, 4.69) is 25.4 Å². The van der Waals surface area contributed by atoms with Gasteiger partial charge in [-0.25, -0.2) is 0 Å². The Morgan fingerprint density at radius 3 is 2.78 bits per heavy atom. The van der Waals surface area contributed by atoms with Gasteiger partial charge < -0.3 is 5.32 Å². The molecule has 0 aromatic rings. The number of nitrogens with one attached hydrogen (secondary N) is 1. The topological polar surface area (TPSA) is 12.0 Å². The predicted octanol–water partition coefficient (Wildman–Crippen LogP) is 1.73. The van der Waals surface area contributed by atoms with E-state index in [0.29, 0.717) is 0 Å². The Morgan fingerprint density at radius 1 is 1.67 bits per heavy atom. The molecular formula is C8H15N. The molecule has 1 N–H and O–H groups in total. The Bertz CT molecular complexity index is 94.7. The van der Waals surface area contributed by atoms with Crippen LogP contribution in [-0.2, 0) is 0 Å². The first-order valence-electron chi connectivity index (χ1n) is 3.32. The minimum absolute atomic E-state index is 0.872. The highest BCUT2D eigenvalue weighted by Crippen LogP contribution is 1.85. The lowest BCUT2D eigenvalue weighted by molar-refractivity contribution is 0.720. The maximum Gasteiger partial charge on any atom is 0.0199 e. The fourth-order valence-corrected chi connectivity index (χ4v) is 0.498. The van der Waals surface area contributed by atoms with Gasteiger partial charge in [0.2, 0.25) is 0 Å². The van der Waals surface area contributed by atoms with Crippen LogP contribution in [0.4, 0.5) is 0 Å². The highest BCUT2D eigenvalue weighted by Gasteiger charge is 1.84. The molecule has 0 amide bonds. The highest BCUT2D eigenvalue weighted by atomic mass is 14.8. The van der Waals surface area contributed by atoms with Gasteiger partial charge in [0, 0.05) is 6.54 Å². The lowest BCUT2D eigenvalue weighted by Crippen LogP contribution is -2.16. The first-order chi connectivity index (χ1) is 4.31. The van der Waals surface area contributed by atoms with E-state index in [0.717, 1.165) is 18.7 Å². The molecule has 0 aromatic heterocycles. The summed E-state index contributed by atoms with van der Waals surface area (Å²) in [6, 6.07) is 0. The van der Waals surface area contributed by atoms with Crippen molar-refractivity contribution in [3.63, 3.8) is 0 Å². The second kappa shape index (κ2) is 5.57. The van der Waals surface area contributed by atoms with Gasteiger partial charge in [0.1, 0.15) is 0 Å². The van der Waals surface area contributed by atoms with Crippen LogP contribution in [0.25, 0.3) is 0 Å². The zero-order valence-corrected chi connectivity index (χ0v) is 6.11. The third kappa shape index (κ3) is 5.31. The average Bonchev–Trinajstić information content (AvgIpc) is 1.89. The molecule has 52 valence electrons. The summed E-state index contributed by atoms with van der Waals surface area (Å²) in [7, 11) is 0. The first-order valence-corrected chi connectivity index (χ1v) is 3.32. The molecule has 0 aliphatic rings. The predicted molar refractivity (Wildman–Crippen MR) is 42.5 cm³/mol. The zero-order valence-electron chi connectivity index (χ0n) is 6.11. The van der Waals surface area contributed by atoms with Crippen LogP contribution in [-0.4, -0.2) is 13.1 Å². The molecule has 0 fully saturated rings. The quantitative estimate of drug-likeness (QED) is 0.436. The molecule has 0 saturated carbocycles. The second-order valence-corrected chi connectivity index (χ2v) is 2.04. The van der Waals surface area contributed by atoms with Crippen molar-refractivity contribution in [1.29, 1.82) is 0 Å². The number of hydrogen-bond donors (Lipinski definition) is 1. The third-order valence-electron chi connectivity index (χ3n) is 1.07. The molecule has 0 atom stereocenters. The van der Waals surface area contributed by atoms with Crippen LogP contribution < -0.4 is 5.32 Å². The molecule has 1 nitrogen and oxygen atoms in total. The Balaban J connectivity index is 3.07. The monoisotopic (exact) mass is 125 g/mol. The van der Waals surface area contributed by atoms with Crippen molar-refractivity contribution in [2.75, 3.05) is 13.1 Å². The highest BCUT2D eigenvalue weighted by molar-refractivity contribution is 5.12. The summed E-state index contributed by atoms with van der Waals surface area (Å²) >= 11 is 0. The smallest absolute Gasteiger partial charge is 0.0199 e. The maximum absolute atomic E-state index is 3.76. The van der Waals surface area contributed by atoms with Crippen LogP contribution in [0, 0.1) is 0 Å². The fourth-order valence-electron chi connectivity index (χ4n) is 0.498. The third-order valence-corrected chi connectivity index (χ3v) is 1.07. The standard InChI is InChI=1S/C8H15N/c1-4-6-9-7-8(3)5-2/h5,9H,2-4,6-7H2,1H3. The van der Waals surface area contributed by atoms with Crippen LogP contribution in [0.5, 0.6) is 0 Å². The summed E-state index contributed by atoms with van der Waals surface area (Å²) < 4.78 is 0. The Kier molecular flexibility index (Phi) is 5.23. The van der Waals surface area contributed by atoms with Gasteiger partial charge in [-0.15, -0.1) is 0 Å². The molecule has 0 unspecified atom stereocenters. The summed E-state index contributed by atoms with van der Waals surface area (Å²) in [6.07, 6.45) is 2.95. The average molecular weight is 125 g/mol. The van der Waals surface area contributed by atoms with Crippen LogP contribution in [0.3, 0.4) is 0 Å². The maximum atomic E-state index is 3.76. The second-order valence-electron chi connectivity index (χ2n) is 2.04. The van der Waals surface area contributed by atoms with Gasteiger partial charge in [-0.2, -0.15) is 0 Å². The Labute approximate surface area is 57.5 Å². The molecule has 1 heteroatoms. The van der Waals surface area contributed by atoms with E-state index in [4.69, 9.17) is 0 Å². The van der Waals surface area contributed by atoms with Gasteiger partial charge in [-0.3, -0.25) is 0 Å². The summed E-state index contributed by atoms with van der Waals surface area (Å²) in [6.45, 7) is 11.4. The van der Waals surface area contributed by atoms with Gasteiger partial charge in [0.25, 0.3) is 0 Å². The lowest BCUT2D eigenvalue weighted by atomic mass is 10.3. The molecule has 0 aromatic carbocycles. The number of hydrogen-bond acceptors (Lipinski definition) is 1. The summed E-state index contributed by atoms with van der Waals surface area (Å²) in [5, 5.41) is 3.21. The van der Waals surface area contributed by atoms with Crippen molar-refractivity contribution in [2.24, 2.45) is 0 Å². The molecule has 0 saturated heterocycles. The molecule has 0 radical (unpaired) electrons. The minimum atomic E-state index is 0.872. The molecule has 0 heterocycles. The van der Waals surface area contributed by atoms with Crippen molar-refractivity contribution >= 4 is 0 Å². The SMILES string of the molecule is C=CC(=C)CNCCC. The van der Waals surface area contributed by atoms with Crippen LogP contribution in [0.1, 0.15) is 13.3 Å². The van der Waals surface area contributed by atoms with Gasteiger partial charge in [-0.05, 0) is 18.5 Å². The lowest BCUT2D eigenvalue weighted by Gasteiger charge is -1.99. The van der Waals surface area contributed by atoms with Crippen molar-refractivity contribution in [1.82, 2.24) is 5.32 Å². The summed E-state index contributed by atoms with van der Waals surface area (Å²) in [4.78, 5) is 0. The van der Waals surface area contributed by atoms with E-state index in [1.807, 2.05) is 0 Å². The van der Waals surface area contributed by atoms with Crippen molar-refractivity contribution < 1.29 is 0 Å². The van der Waals surface area contributed by atoms with Crippen molar-refractivity contribution in [3.8, 4) is 0 Å².